The summed E-state index contributed by atoms with van der Waals surface area (Å²) in [5, 5.41) is 5.10. The third-order valence-electron chi connectivity index (χ3n) is 5.13. The zero-order valence-electron chi connectivity index (χ0n) is 18.6. The summed E-state index contributed by atoms with van der Waals surface area (Å²) in [6, 6.07) is 30.3. The summed E-state index contributed by atoms with van der Waals surface area (Å²) in [6.45, 7) is 0. The predicted octanol–water partition coefficient (Wildman–Crippen LogP) is 7.13. The minimum Gasteiger partial charge on any atom is -0.326 e. The Bertz CT molecular complexity index is 1300. The molecule has 4 aromatic rings. The number of benzene rings is 4. The Morgan fingerprint density at radius 3 is 2.09 bits per heavy atom. The molecule has 7 heteroatoms. The van der Waals surface area contributed by atoms with Crippen molar-refractivity contribution in [3.63, 3.8) is 0 Å². The van der Waals surface area contributed by atoms with Gasteiger partial charge in [-0.1, -0.05) is 72.3 Å². The number of carbonyl (C=O) groups excluding carboxylic acids is 2. The van der Waals surface area contributed by atoms with Gasteiger partial charge in [-0.25, -0.2) is 4.39 Å². The Labute approximate surface area is 212 Å². The van der Waals surface area contributed by atoms with E-state index in [0.717, 1.165) is 16.0 Å². The highest BCUT2D eigenvalue weighted by molar-refractivity contribution is 8.00. The first-order valence-electron chi connectivity index (χ1n) is 10.9. The summed E-state index contributed by atoms with van der Waals surface area (Å²) >= 11 is 7.23. The van der Waals surface area contributed by atoms with Gasteiger partial charge in [-0.2, -0.15) is 0 Å². The Kier molecular flexibility index (Phi) is 8.19. The van der Waals surface area contributed by atoms with Crippen molar-refractivity contribution in [2.24, 2.45) is 0 Å². The van der Waals surface area contributed by atoms with Crippen LogP contribution >= 0.6 is 23.4 Å². The van der Waals surface area contributed by atoms with E-state index in [4.69, 9.17) is 11.6 Å². The van der Waals surface area contributed by atoms with Crippen LogP contribution in [0.3, 0.4) is 0 Å². The first kappa shape index (κ1) is 24.5. The van der Waals surface area contributed by atoms with Crippen molar-refractivity contribution < 1.29 is 14.0 Å². The molecule has 0 saturated heterocycles. The molecule has 176 valence electrons. The minimum atomic E-state index is -0.557. The number of anilines is 2. The highest BCUT2D eigenvalue weighted by Crippen LogP contribution is 2.37. The van der Waals surface area contributed by atoms with E-state index in [1.807, 2.05) is 84.9 Å². The van der Waals surface area contributed by atoms with Gasteiger partial charge in [0.05, 0.1) is 11.4 Å². The lowest BCUT2D eigenvalue weighted by Crippen LogP contribution is -2.19. The molecular formula is C28H22ClFN2O2S. The monoisotopic (exact) mass is 504 g/mol. The predicted molar refractivity (Wildman–Crippen MR) is 140 cm³/mol. The van der Waals surface area contributed by atoms with Crippen LogP contribution < -0.4 is 10.6 Å². The first-order valence-corrected chi connectivity index (χ1v) is 12.1. The van der Waals surface area contributed by atoms with Crippen molar-refractivity contribution in [2.75, 3.05) is 10.6 Å². The van der Waals surface area contributed by atoms with Gasteiger partial charge in [0.15, 0.2) is 0 Å². The third-order valence-corrected chi connectivity index (χ3v) is 6.68. The van der Waals surface area contributed by atoms with E-state index in [2.05, 4.69) is 10.6 Å². The molecule has 4 aromatic carbocycles. The highest BCUT2D eigenvalue weighted by atomic mass is 35.5. The molecule has 0 saturated carbocycles. The number of carbonyl (C=O) groups is 2. The second kappa shape index (κ2) is 11.7. The normalized spacial score (nSPS) is 11.5. The molecule has 0 fully saturated rings. The van der Waals surface area contributed by atoms with Crippen LogP contribution in [0.15, 0.2) is 108 Å². The summed E-state index contributed by atoms with van der Waals surface area (Å²) in [5.41, 5.74) is 2.86. The molecule has 0 radical (unpaired) electrons. The third kappa shape index (κ3) is 6.94. The van der Waals surface area contributed by atoms with Crippen molar-refractivity contribution in [1.82, 2.24) is 0 Å². The SMILES string of the molecule is O=C(Cc1ccccc1)Nc1ccc(SC(C(=O)Nc2ccc(F)c(Cl)c2)c2ccccc2)cc1. The molecule has 4 rings (SSSR count). The molecule has 2 amide bonds. The fraction of sp³-hybridized carbons (Fsp3) is 0.0714. The molecule has 0 aromatic heterocycles. The quantitative estimate of drug-likeness (QED) is 0.251. The van der Waals surface area contributed by atoms with Crippen molar-refractivity contribution in [1.29, 1.82) is 0 Å². The van der Waals surface area contributed by atoms with Gasteiger partial charge in [-0.05, 0) is 53.6 Å². The Hall–Kier alpha value is -3.61. The summed E-state index contributed by atoms with van der Waals surface area (Å²) in [5.74, 6) is -0.908. The molecule has 0 aliphatic heterocycles. The number of rotatable bonds is 8. The molecule has 0 aliphatic carbocycles. The minimum absolute atomic E-state index is 0.0587. The molecule has 0 heterocycles. The molecule has 0 aliphatic rings. The number of nitrogens with one attached hydrogen (secondary N) is 2. The van der Waals surface area contributed by atoms with Crippen LogP contribution in [0, 0.1) is 5.82 Å². The van der Waals surface area contributed by atoms with Crippen LogP contribution in [0.5, 0.6) is 0 Å². The van der Waals surface area contributed by atoms with Gasteiger partial charge in [-0.15, -0.1) is 11.8 Å². The maximum Gasteiger partial charge on any atom is 0.242 e. The molecule has 0 spiro atoms. The Balaban J connectivity index is 1.45. The smallest absolute Gasteiger partial charge is 0.242 e. The van der Waals surface area contributed by atoms with Gasteiger partial charge >= 0.3 is 0 Å². The number of hydrogen-bond donors (Lipinski definition) is 2. The van der Waals surface area contributed by atoms with E-state index < -0.39 is 11.1 Å². The van der Waals surface area contributed by atoms with E-state index in [-0.39, 0.29) is 16.8 Å². The van der Waals surface area contributed by atoms with Gasteiger partial charge in [0.2, 0.25) is 11.8 Å². The number of thioether (sulfide) groups is 1. The zero-order chi connectivity index (χ0) is 24.6. The number of amides is 2. The van der Waals surface area contributed by atoms with Crippen LogP contribution in [0.25, 0.3) is 0 Å². The lowest BCUT2D eigenvalue weighted by atomic mass is 10.1. The van der Waals surface area contributed by atoms with Crippen molar-refractivity contribution >= 4 is 46.6 Å². The molecule has 1 unspecified atom stereocenters. The number of halogens is 2. The van der Waals surface area contributed by atoms with Crippen LogP contribution in [0.2, 0.25) is 5.02 Å². The van der Waals surface area contributed by atoms with Crippen LogP contribution in [0.1, 0.15) is 16.4 Å². The van der Waals surface area contributed by atoms with Crippen LogP contribution in [-0.4, -0.2) is 11.8 Å². The number of hydrogen-bond acceptors (Lipinski definition) is 3. The summed E-state index contributed by atoms with van der Waals surface area (Å²) < 4.78 is 13.5. The summed E-state index contributed by atoms with van der Waals surface area (Å²) in [7, 11) is 0. The van der Waals surface area contributed by atoms with E-state index in [0.29, 0.717) is 17.8 Å². The van der Waals surface area contributed by atoms with Crippen LogP contribution in [-0.2, 0) is 16.0 Å². The highest BCUT2D eigenvalue weighted by Gasteiger charge is 2.22. The largest absolute Gasteiger partial charge is 0.326 e. The topological polar surface area (TPSA) is 58.2 Å². The fourth-order valence-corrected chi connectivity index (χ4v) is 4.63. The Morgan fingerprint density at radius 1 is 0.800 bits per heavy atom. The van der Waals surface area contributed by atoms with Gasteiger partial charge in [-0.3, -0.25) is 9.59 Å². The lowest BCUT2D eigenvalue weighted by molar-refractivity contribution is -0.116. The fourth-order valence-electron chi connectivity index (χ4n) is 3.42. The maximum atomic E-state index is 13.5. The van der Waals surface area contributed by atoms with E-state index >= 15 is 0 Å². The maximum absolute atomic E-state index is 13.5. The van der Waals surface area contributed by atoms with Gasteiger partial charge < -0.3 is 10.6 Å². The van der Waals surface area contributed by atoms with Crippen LogP contribution in [0.4, 0.5) is 15.8 Å². The van der Waals surface area contributed by atoms with E-state index in [9.17, 15) is 14.0 Å². The molecule has 1 atom stereocenters. The van der Waals surface area contributed by atoms with Gasteiger partial charge in [0.1, 0.15) is 11.1 Å². The second-order valence-electron chi connectivity index (χ2n) is 7.76. The summed E-state index contributed by atoms with van der Waals surface area (Å²) in [4.78, 5) is 26.4. The molecule has 2 N–H and O–H groups in total. The van der Waals surface area contributed by atoms with Crippen molar-refractivity contribution in [3.8, 4) is 0 Å². The summed E-state index contributed by atoms with van der Waals surface area (Å²) in [6.07, 6.45) is 0.293. The average Bonchev–Trinajstić information content (AvgIpc) is 2.87. The van der Waals surface area contributed by atoms with Crippen molar-refractivity contribution in [3.05, 3.63) is 125 Å². The average molecular weight is 505 g/mol. The molecular weight excluding hydrogens is 483 g/mol. The van der Waals surface area contributed by atoms with Crippen molar-refractivity contribution in [2.45, 2.75) is 16.6 Å². The molecule has 4 nitrogen and oxygen atoms in total. The van der Waals surface area contributed by atoms with E-state index in [1.165, 1.54) is 30.0 Å². The van der Waals surface area contributed by atoms with Gasteiger partial charge in [0.25, 0.3) is 0 Å². The van der Waals surface area contributed by atoms with E-state index in [1.54, 1.807) is 0 Å². The lowest BCUT2D eigenvalue weighted by Gasteiger charge is -2.17. The molecule has 35 heavy (non-hydrogen) atoms. The standard InChI is InChI=1S/C28H22ClFN2O2S/c29-24-18-22(13-16-25(24)30)32-28(34)27(20-9-5-2-6-10-20)35-23-14-11-21(12-15-23)31-26(33)17-19-7-3-1-4-8-19/h1-16,18,27H,17H2,(H,31,33)(H,32,34). The van der Waals surface area contributed by atoms with Gasteiger partial charge in [0, 0.05) is 16.3 Å². The zero-order valence-corrected chi connectivity index (χ0v) is 20.2. The Morgan fingerprint density at radius 2 is 1.43 bits per heavy atom. The second-order valence-corrected chi connectivity index (χ2v) is 9.35. The first-order chi connectivity index (χ1) is 17.0. The molecule has 0 bridgehead atoms.